The highest BCUT2D eigenvalue weighted by atomic mass is 16.4. The van der Waals surface area contributed by atoms with Gasteiger partial charge in [0.1, 0.15) is 6.04 Å². The van der Waals surface area contributed by atoms with E-state index in [1.165, 1.54) is 0 Å². The Kier molecular flexibility index (Phi) is 3.29. The zero-order valence-corrected chi connectivity index (χ0v) is 9.43. The second kappa shape index (κ2) is 4.70. The van der Waals surface area contributed by atoms with E-state index in [4.69, 9.17) is 4.42 Å². The normalized spacial score (nSPS) is 26.8. The first-order chi connectivity index (χ1) is 7.68. The summed E-state index contributed by atoms with van der Waals surface area (Å²) in [6.45, 7) is 3.53. The lowest BCUT2D eigenvalue weighted by molar-refractivity contribution is -0.147. The summed E-state index contributed by atoms with van der Waals surface area (Å²) >= 11 is 0. The smallest absolute Gasteiger partial charge is 0.321 e. The first kappa shape index (κ1) is 11.2. The van der Waals surface area contributed by atoms with Crippen LogP contribution in [-0.2, 0) is 11.3 Å². The van der Waals surface area contributed by atoms with Crippen molar-refractivity contribution >= 4 is 5.97 Å². The van der Waals surface area contributed by atoms with E-state index >= 15 is 0 Å². The Hall–Kier alpha value is -1.29. The molecular formula is C12H17NO3. The van der Waals surface area contributed by atoms with E-state index in [1.54, 1.807) is 12.5 Å². The number of hydrogen-bond donors (Lipinski definition) is 1. The molecule has 1 N–H and O–H groups in total. The molecule has 0 amide bonds. The number of furan rings is 1. The second-order valence-electron chi connectivity index (χ2n) is 4.50. The number of carboxylic acid groups (broad SMARTS) is 1. The lowest BCUT2D eigenvalue weighted by Gasteiger charge is -2.36. The van der Waals surface area contributed by atoms with Crippen LogP contribution in [0.25, 0.3) is 0 Å². The van der Waals surface area contributed by atoms with Gasteiger partial charge in [0.2, 0.25) is 0 Å². The summed E-state index contributed by atoms with van der Waals surface area (Å²) in [6.07, 6.45) is 5.37. The third kappa shape index (κ3) is 2.27. The van der Waals surface area contributed by atoms with Gasteiger partial charge in [-0.2, -0.15) is 0 Å². The quantitative estimate of drug-likeness (QED) is 0.851. The van der Waals surface area contributed by atoms with Crippen molar-refractivity contribution < 1.29 is 14.3 Å². The summed E-state index contributed by atoms with van der Waals surface area (Å²) in [6, 6.07) is 1.53. The minimum absolute atomic E-state index is 0.221. The van der Waals surface area contributed by atoms with Crippen LogP contribution in [0.5, 0.6) is 0 Å². The number of nitrogens with zero attached hydrogens (tertiary/aromatic N) is 1. The van der Waals surface area contributed by atoms with Gasteiger partial charge >= 0.3 is 5.97 Å². The van der Waals surface area contributed by atoms with E-state index in [0.29, 0.717) is 6.54 Å². The van der Waals surface area contributed by atoms with Crippen LogP contribution >= 0.6 is 0 Å². The largest absolute Gasteiger partial charge is 0.480 e. The van der Waals surface area contributed by atoms with Crippen LogP contribution in [0, 0.1) is 5.92 Å². The number of piperidine rings is 1. The molecule has 1 aliphatic rings. The Balaban J connectivity index is 2.08. The molecule has 2 heterocycles. The second-order valence-corrected chi connectivity index (χ2v) is 4.50. The van der Waals surface area contributed by atoms with E-state index in [0.717, 1.165) is 24.9 Å². The Labute approximate surface area is 94.9 Å². The van der Waals surface area contributed by atoms with E-state index in [-0.39, 0.29) is 12.0 Å². The SMILES string of the molecule is CC1CCCN(Cc2ccoc2)C1C(=O)O. The van der Waals surface area contributed by atoms with Crippen LogP contribution < -0.4 is 0 Å². The molecule has 0 bridgehead atoms. The van der Waals surface area contributed by atoms with Crippen LogP contribution in [0.1, 0.15) is 25.3 Å². The average molecular weight is 223 g/mol. The molecule has 1 aromatic heterocycles. The summed E-state index contributed by atoms with van der Waals surface area (Å²) < 4.78 is 5.00. The van der Waals surface area contributed by atoms with Gasteiger partial charge in [-0.1, -0.05) is 6.92 Å². The zero-order chi connectivity index (χ0) is 11.5. The number of aliphatic carboxylic acids is 1. The predicted molar refractivity (Wildman–Crippen MR) is 58.9 cm³/mol. The predicted octanol–water partition coefficient (Wildman–Crippen LogP) is 1.96. The highest BCUT2D eigenvalue weighted by molar-refractivity contribution is 5.74. The van der Waals surface area contributed by atoms with Gasteiger partial charge in [0.05, 0.1) is 12.5 Å². The minimum atomic E-state index is -0.712. The van der Waals surface area contributed by atoms with Gasteiger partial charge in [0.25, 0.3) is 0 Å². The van der Waals surface area contributed by atoms with Gasteiger partial charge < -0.3 is 9.52 Å². The molecule has 1 saturated heterocycles. The van der Waals surface area contributed by atoms with Gasteiger partial charge in [-0.05, 0) is 31.4 Å². The molecule has 2 atom stereocenters. The van der Waals surface area contributed by atoms with E-state index in [1.807, 2.05) is 17.9 Å². The van der Waals surface area contributed by atoms with E-state index < -0.39 is 5.97 Å². The van der Waals surface area contributed by atoms with Crippen molar-refractivity contribution in [2.45, 2.75) is 32.4 Å². The molecule has 0 saturated carbocycles. The van der Waals surface area contributed by atoms with Gasteiger partial charge in [-0.3, -0.25) is 9.69 Å². The van der Waals surface area contributed by atoms with Gasteiger partial charge in [0.15, 0.2) is 0 Å². The lowest BCUT2D eigenvalue weighted by atomic mass is 9.90. The van der Waals surface area contributed by atoms with Crippen LogP contribution in [0.2, 0.25) is 0 Å². The van der Waals surface area contributed by atoms with Crippen LogP contribution in [0.4, 0.5) is 0 Å². The number of likely N-dealkylation sites (tertiary alicyclic amines) is 1. The zero-order valence-electron chi connectivity index (χ0n) is 9.43. The Morgan fingerprint density at radius 2 is 2.50 bits per heavy atom. The summed E-state index contributed by atoms with van der Waals surface area (Å²) in [4.78, 5) is 13.3. The molecule has 1 aromatic rings. The van der Waals surface area contributed by atoms with Crippen molar-refractivity contribution in [3.05, 3.63) is 24.2 Å². The van der Waals surface area contributed by atoms with E-state index in [2.05, 4.69) is 0 Å². The summed E-state index contributed by atoms with van der Waals surface area (Å²) in [5.74, 6) is -0.492. The summed E-state index contributed by atoms with van der Waals surface area (Å²) in [7, 11) is 0. The van der Waals surface area contributed by atoms with E-state index in [9.17, 15) is 9.90 Å². The highest BCUT2D eigenvalue weighted by Crippen LogP contribution is 2.25. The fourth-order valence-electron chi connectivity index (χ4n) is 2.47. The van der Waals surface area contributed by atoms with Crippen molar-refractivity contribution in [2.24, 2.45) is 5.92 Å². The monoisotopic (exact) mass is 223 g/mol. The van der Waals surface area contributed by atoms with Gasteiger partial charge in [-0.15, -0.1) is 0 Å². The molecular weight excluding hydrogens is 206 g/mol. The first-order valence-corrected chi connectivity index (χ1v) is 5.66. The fraction of sp³-hybridized carbons (Fsp3) is 0.583. The van der Waals surface area contributed by atoms with Gasteiger partial charge in [-0.25, -0.2) is 0 Å². The highest BCUT2D eigenvalue weighted by Gasteiger charge is 2.33. The van der Waals surface area contributed by atoms with Crippen molar-refractivity contribution in [3.63, 3.8) is 0 Å². The summed E-state index contributed by atoms with van der Waals surface area (Å²) in [5, 5.41) is 9.24. The fourth-order valence-corrected chi connectivity index (χ4v) is 2.47. The maximum atomic E-state index is 11.2. The topological polar surface area (TPSA) is 53.7 Å². The van der Waals surface area contributed by atoms with Crippen LogP contribution in [0.3, 0.4) is 0 Å². The maximum absolute atomic E-state index is 11.2. The number of rotatable bonds is 3. The molecule has 16 heavy (non-hydrogen) atoms. The summed E-state index contributed by atoms with van der Waals surface area (Å²) in [5.41, 5.74) is 1.04. The van der Waals surface area contributed by atoms with Gasteiger partial charge in [0, 0.05) is 12.1 Å². The lowest BCUT2D eigenvalue weighted by Crippen LogP contribution is -2.48. The molecule has 0 aliphatic carbocycles. The Morgan fingerprint density at radius 1 is 1.69 bits per heavy atom. The number of carbonyl (C=O) groups is 1. The first-order valence-electron chi connectivity index (χ1n) is 5.66. The molecule has 1 fully saturated rings. The molecule has 88 valence electrons. The number of carboxylic acids is 1. The minimum Gasteiger partial charge on any atom is -0.480 e. The maximum Gasteiger partial charge on any atom is 0.321 e. The molecule has 4 heteroatoms. The Bertz CT molecular complexity index is 347. The molecule has 0 aromatic carbocycles. The Morgan fingerprint density at radius 3 is 3.12 bits per heavy atom. The van der Waals surface area contributed by atoms with Crippen molar-refractivity contribution in [2.75, 3.05) is 6.54 Å². The molecule has 0 spiro atoms. The van der Waals surface area contributed by atoms with Crippen molar-refractivity contribution in [3.8, 4) is 0 Å². The molecule has 2 rings (SSSR count). The average Bonchev–Trinajstić information content (AvgIpc) is 2.70. The molecule has 1 aliphatic heterocycles. The van der Waals surface area contributed by atoms with Crippen molar-refractivity contribution in [1.29, 1.82) is 0 Å². The molecule has 2 unspecified atom stereocenters. The molecule has 4 nitrogen and oxygen atoms in total. The third-order valence-corrected chi connectivity index (χ3v) is 3.26. The molecule has 0 radical (unpaired) electrons. The standard InChI is InChI=1S/C12H17NO3/c1-9-3-2-5-13(11(9)12(14)15)7-10-4-6-16-8-10/h4,6,8-9,11H,2-3,5,7H2,1H3,(H,14,15). The number of hydrogen-bond acceptors (Lipinski definition) is 3. The third-order valence-electron chi connectivity index (χ3n) is 3.26. The van der Waals surface area contributed by atoms with Crippen molar-refractivity contribution in [1.82, 2.24) is 4.90 Å². The van der Waals surface area contributed by atoms with Crippen LogP contribution in [0.15, 0.2) is 23.0 Å². The van der Waals surface area contributed by atoms with Crippen LogP contribution in [-0.4, -0.2) is 28.6 Å².